The zero-order valence-electron chi connectivity index (χ0n) is 18.3. The predicted molar refractivity (Wildman–Crippen MR) is 128 cm³/mol. The van der Waals surface area contributed by atoms with Crippen LogP contribution in [-0.2, 0) is 4.79 Å². The van der Waals surface area contributed by atoms with E-state index in [0.717, 1.165) is 25.1 Å². The summed E-state index contributed by atoms with van der Waals surface area (Å²) in [4.78, 5) is 39.4. The maximum atomic E-state index is 13.1. The summed E-state index contributed by atoms with van der Waals surface area (Å²) in [6.07, 6.45) is 6.65. The van der Waals surface area contributed by atoms with Crippen LogP contribution in [0.3, 0.4) is 0 Å². The molecule has 1 aliphatic heterocycles. The number of carbonyl (C=O) groups excluding carboxylic acids is 2. The second kappa shape index (κ2) is 9.61. The lowest BCUT2D eigenvalue weighted by molar-refractivity contribution is -0.114. The molecule has 0 radical (unpaired) electrons. The number of hydrogen-bond donors (Lipinski definition) is 4. The van der Waals surface area contributed by atoms with Gasteiger partial charge in [-0.1, -0.05) is 12.1 Å². The highest BCUT2D eigenvalue weighted by Gasteiger charge is 2.21. The highest BCUT2D eigenvalue weighted by atomic mass is 16.2. The molecule has 1 atom stereocenters. The molecule has 0 bridgehead atoms. The number of hydrogen-bond acceptors (Lipinski definition) is 8. The molecule has 2 aromatic heterocycles. The Balaban J connectivity index is 1.60. The highest BCUT2D eigenvalue weighted by Crippen LogP contribution is 2.28. The molecule has 170 valence electrons. The summed E-state index contributed by atoms with van der Waals surface area (Å²) in [5, 5.41) is 5.60. The third kappa shape index (κ3) is 5.24. The second-order valence-electron chi connectivity index (χ2n) is 7.95. The van der Waals surface area contributed by atoms with Crippen molar-refractivity contribution >= 4 is 34.6 Å². The van der Waals surface area contributed by atoms with Crippen molar-refractivity contribution in [3.63, 3.8) is 0 Å². The minimum Gasteiger partial charge on any atom is -0.396 e. The lowest BCUT2D eigenvalue weighted by Gasteiger charge is -2.33. The van der Waals surface area contributed by atoms with Gasteiger partial charge in [0.1, 0.15) is 0 Å². The quantitative estimate of drug-likeness (QED) is 0.466. The molecular formula is C23H26N8O2. The molecule has 4 rings (SSSR count). The molecule has 0 saturated carbocycles. The Bertz CT molecular complexity index is 1180. The number of nitrogens with zero attached hydrogens (tertiary/aromatic N) is 4. The van der Waals surface area contributed by atoms with E-state index in [1.54, 1.807) is 36.7 Å². The largest absolute Gasteiger partial charge is 0.396 e. The Morgan fingerprint density at radius 3 is 2.82 bits per heavy atom. The van der Waals surface area contributed by atoms with E-state index in [2.05, 4.69) is 30.5 Å². The van der Waals surface area contributed by atoms with Gasteiger partial charge in [0.15, 0.2) is 11.5 Å². The number of piperidine rings is 1. The Hall–Kier alpha value is -4.05. The van der Waals surface area contributed by atoms with Crippen LogP contribution < -0.4 is 27.0 Å². The lowest BCUT2D eigenvalue weighted by atomic mass is 10.1. The second-order valence-corrected chi connectivity index (χ2v) is 7.95. The summed E-state index contributed by atoms with van der Waals surface area (Å²) in [5.74, 6) is -0.341. The number of benzene rings is 1. The zero-order valence-corrected chi connectivity index (χ0v) is 18.3. The van der Waals surface area contributed by atoms with E-state index in [-0.39, 0.29) is 23.3 Å². The van der Waals surface area contributed by atoms with Crippen LogP contribution >= 0.6 is 0 Å². The molecule has 1 saturated heterocycles. The Labute approximate surface area is 191 Å². The summed E-state index contributed by atoms with van der Waals surface area (Å²) in [6, 6.07) is 8.99. The topological polar surface area (TPSA) is 152 Å². The molecule has 1 aliphatic rings. The fourth-order valence-electron chi connectivity index (χ4n) is 3.82. The smallest absolute Gasteiger partial charge is 0.276 e. The number of aromatic nitrogens is 3. The van der Waals surface area contributed by atoms with Gasteiger partial charge in [0.25, 0.3) is 5.91 Å². The summed E-state index contributed by atoms with van der Waals surface area (Å²) >= 11 is 0. The van der Waals surface area contributed by atoms with Crippen molar-refractivity contribution in [1.29, 1.82) is 0 Å². The van der Waals surface area contributed by atoms with Gasteiger partial charge < -0.3 is 27.0 Å². The van der Waals surface area contributed by atoms with E-state index in [1.807, 2.05) is 6.07 Å². The SMILES string of the molecule is CC(=O)Nc1cccc(-c2ncc(N)c(C(=O)Nc3cnccc3N3CCCC(N)C3)n2)c1. The molecular weight excluding hydrogens is 420 g/mol. The standard InChI is InChI=1S/C23H26N8O2/c1-14(32)28-17-6-2-4-15(10-17)22-27-11-18(25)21(30-22)23(33)29-19-12-26-8-7-20(19)31-9-3-5-16(24)13-31/h2,4,6-8,10-12,16H,3,5,9,13,24-25H2,1H3,(H,28,32)(H,29,33). The number of carbonyl (C=O) groups is 2. The van der Waals surface area contributed by atoms with Gasteiger partial charge in [-0.3, -0.25) is 14.6 Å². The number of rotatable bonds is 5. The fraction of sp³-hybridized carbons (Fsp3) is 0.261. The molecule has 0 aliphatic carbocycles. The van der Waals surface area contributed by atoms with Gasteiger partial charge in [0.05, 0.1) is 29.5 Å². The lowest BCUT2D eigenvalue weighted by Crippen LogP contribution is -2.43. The van der Waals surface area contributed by atoms with Gasteiger partial charge in [-0.25, -0.2) is 9.97 Å². The van der Waals surface area contributed by atoms with Crippen molar-refractivity contribution < 1.29 is 9.59 Å². The first-order valence-electron chi connectivity index (χ1n) is 10.7. The maximum absolute atomic E-state index is 13.1. The average Bonchev–Trinajstić information content (AvgIpc) is 2.79. The number of nitrogens with two attached hydrogens (primary N) is 2. The summed E-state index contributed by atoms with van der Waals surface area (Å²) in [5.41, 5.74) is 15.0. The van der Waals surface area contributed by atoms with Gasteiger partial charge in [0, 0.05) is 43.5 Å². The van der Waals surface area contributed by atoms with Crippen LogP contribution in [0.1, 0.15) is 30.3 Å². The Morgan fingerprint density at radius 1 is 1.18 bits per heavy atom. The van der Waals surface area contributed by atoms with Crippen molar-refractivity contribution in [3.05, 3.63) is 54.6 Å². The van der Waals surface area contributed by atoms with Crippen LogP contribution in [-0.4, -0.2) is 45.9 Å². The number of amides is 2. The van der Waals surface area contributed by atoms with Crippen molar-refractivity contribution in [3.8, 4) is 11.4 Å². The number of pyridine rings is 1. The van der Waals surface area contributed by atoms with Gasteiger partial charge in [-0.05, 0) is 31.0 Å². The first-order valence-corrected chi connectivity index (χ1v) is 10.7. The van der Waals surface area contributed by atoms with Crippen LogP contribution in [0, 0.1) is 0 Å². The van der Waals surface area contributed by atoms with Crippen molar-refractivity contribution in [2.45, 2.75) is 25.8 Å². The van der Waals surface area contributed by atoms with Crippen LogP contribution in [0.4, 0.5) is 22.7 Å². The molecule has 2 amide bonds. The van der Waals surface area contributed by atoms with E-state index in [0.29, 0.717) is 29.3 Å². The molecule has 33 heavy (non-hydrogen) atoms. The molecule has 0 spiro atoms. The molecule has 1 fully saturated rings. The van der Waals surface area contributed by atoms with Gasteiger partial charge in [-0.2, -0.15) is 0 Å². The summed E-state index contributed by atoms with van der Waals surface area (Å²) < 4.78 is 0. The van der Waals surface area contributed by atoms with E-state index < -0.39 is 5.91 Å². The minimum absolute atomic E-state index is 0.0510. The van der Waals surface area contributed by atoms with Crippen LogP contribution in [0.5, 0.6) is 0 Å². The predicted octanol–water partition coefficient (Wildman–Crippen LogP) is 2.26. The molecule has 3 aromatic rings. The molecule has 1 unspecified atom stereocenters. The van der Waals surface area contributed by atoms with Gasteiger partial charge in [0.2, 0.25) is 5.91 Å². The van der Waals surface area contributed by atoms with Crippen molar-refractivity contribution in [2.75, 3.05) is 34.4 Å². The van der Waals surface area contributed by atoms with Crippen molar-refractivity contribution in [2.24, 2.45) is 5.73 Å². The van der Waals surface area contributed by atoms with E-state index in [4.69, 9.17) is 11.5 Å². The first-order chi connectivity index (χ1) is 15.9. The van der Waals surface area contributed by atoms with Crippen LogP contribution in [0.2, 0.25) is 0 Å². The van der Waals surface area contributed by atoms with Crippen molar-refractivity contribution in [1.82, 2.24) is 15.0 Å². The molecule has 6 N–H and O–H groups in total. The van der Waals surface area contributed by atoms with E-state index in [1.165, 1.54) is 13.1 Å². The van der Waals surface area contributed by atoms with E-state index in [9.17, 15) is 9.59 Å². The van der Waals surface area contributed by atoms with Crippen LogP contribution in [0.15, 0.2) is 48.9 Å². The maximum Gasteiger partial charge on any atom is 0.276 e. The summed E-state index contributed by atoms with van der Waals surface area (Å²) in [7, 11) is 0. The molecule has 10 heteroatoms. The highest BCUT2D eigenvalue weighted by molar-refractivity contribution is 6.07. The fourth-order valence-corrected chi connectivity index (χ4v) is 3.82. The Kier molecular flexibility index (Phi) is 6.45. The number of nitrogen functional groups attached to an aromatic ring is 1. The van der Waals surface area contributed by atoms with E-state index >= 15 is 0 Å². The third-order valence-corrected chi connectivity index (χ3v) is 5.32. The molecule has 1 aromatic carbocycles. The third-order valence-electron chi connectivity index (χ3n) is 5.32. The van der Waals surface area contributed by atoms with Crippen LogP contribution in [0.25, 0.3) is 11.4 Å². The normalized spacial score (nSPS) is 15.7. The summed E-state index contributed by atoms with van der Waals surface area (Å²) in [6.45, 7) is 2.99. The molecule has 10 nitrogen and oxygen atoms in total. The van der Waals surface area contributed by atoms with Gasteiger partial charge in [-0.15, -0.1) is 0 Å². The first kappa shape index (κ1) is 22.2. The number of anilines is 4. The Morgan fingerprint density at radius 2 is 2.03 bits per heavy atom. The molecule has 3 heterocycles. The average molecular weight is 447 g/mol. The monoisotopic (exact) mass is 446 g/mol. The van der Waals surface area contributed by atoms with Gasteiger partial charge >= 0.3 is 0 Å². The number of nitrogens with one attached hydrogen (secondary N) is 2. The minimum atomic E-state index is -0.468. The zero-order chi connectivity index (χ0) is 23.4.